The topological polar surface area (TPSA) is 26.0 Å². The molecule has 0 amide bonds. The van der Waals surface area contributed by atoms with E-state index in [2.05, 4.69) is 0 Å². The maximum atomic E-state index is 14.2. The van der Waals surface area contributed by atoms with Crippen molar-refractivity contribution in [2.45, 2.75) is 33.0 Å². The molecule has 0 aliphatic heterocycles. The van der Waals surface area contributed by atoms with Gasteiger partial charge in [0.05, 0.1) is 0 Å². The van der Waals surface area contributed by atoms with Crippen LogP contribution in [0.3, 0.4) is 0 Å². The van der Waals surface area contributed by atoms with Crippen LogP contribution in [0, 0.1) is 5.92 Å². The molecule has 78 valence electrons. The molecule has 0 saturated heterocycles. The molecule has 0 spiro atoms. The predicted molar refractivity (Wildman–Crippen MR) is 57.6 cm³/mol. The largest absolute Gasteiger partial charge is 0.326 e. The van der Waals surface area contributed by atoms with Crippen LogP contribution in [0.5, 0.6) is 0 Å². The zero-order chi connectivity index (χ0) is 10.8. The van der Waals surface area contributed by atoms with Crippen LogP contribution in [0.2, 0.25) is 0 Å². The Morgan fingerprint density at radius 1 is 1.43 bits per heavy atom. The Bertz CT molecular complexity index is 305. The predicted octanol–water partition coefficient (Wildman–Crippen LogP) is 2.99. The molecule has 0 saturated carbocycles. The Morgan fingerprint density at radius 3 is 2.57 bits per heavy atom. The molecule has 1 nitrogen and oxygen atoms in total. The maximum absolute atomic E-state index is 14.2. The van der Waals surface area contributed by atoms with Crippen LogP contribution in [0.4, 0.5) is 4.39 Å². The van der Waals surface area contributed by atoms with Gasteiger partial charge in [-0.3, -0.25) is 0 Å². The standard InChI is InChI=1S/C12H18FN/c1-9(2)12(3,13)11-6-4-5-10(7-11)8-14/h4-7,9H,8,14H2,1-3H3. The monoisotopic (exact) mass is 195 g/mol. The fourth-order valence-corrected chi connectivity index (χ4v) is 1.34. The number of hydrogen-bond donors (Lipinski definition) is 1. The Balaban J connectivity index is 3.06. The molecule has 0 heterocycles. The van der Waals surface area contributed by atoms with E-state index in [9.17, 15) is 4.39 Å². The van der Waals surface area contributed by atoms with Crippen molar-refractivity contribution < 1.29 is 4.39 Å². The fourth-order valence-electron chi connectivity index (χ4n) is 1.34. The first kappa shape index (κ1) is 11.2. The van der Waals surface area contributed by atoms with Crippen molar-refractivity contribution in [3.63, 3.8) is 0 Å². The highest BCUT2D eigenvalue weighted by Crippen LogP contribution is 2.33. The molecule has 2 N–H and O–H groups in total. The molecule has 14 heavy (non-hydrogen) atoms. The summed E-state index contributed by atoms with van der Waals surface area (Å²) in [6, 6.07) is 7.44. The highest BCUT2D eigenvalue weighted by molar-refractivity contribution is 5.28. The number of hydrogen-bond acceptors (Lipinski definition) is 1. The van der Waals surface area contributed by atoms with Crippen molar-refractivity contribution in [2.24, 2.45) is 11.7 Å². The van der Waals surface area contributed by atoms with E-state index in [1.165, 1.54) is 0 Å². The molecule has 0 fully saturated rings. The van der Waals surface area contributed by atoms with Gasteiger partial charge >= 0.3 is 0 Å². The molecular formula is C12H18FN. The van der Waals surface area contributed by atoms with E-state index in [0.717, 1.165) is 11.1 Å². The van der Waals surface area contributed by atoms with E-state index < -0.39 is 5.67 Å². The van der Waals surface area contributed by atoms with Gasteiger partial charge in [0, 0.05) is 6.54 Å². The van der Waals surface area contributed by atoms with Gasteiger partial charge in [-0.15, -0.1) is 0 Å². The second kappa shape index (κ2) is 4.09. The summed E-state index contributed by atoms with van der Waals surface area (Å²) in [4.78, 5) is 0. The molecule has 0 aromatic heterocycles. The third kappa shape index (κ3) is 2.13. The summed E-state index contributed by atoms with van der Waals surface area (Å²) in [6.45, 7) is 5.85. The number of rotatable bonds is 3. The van der Waals surface area contributed by atoms with Crippen molar-refractivity contribution in [3.8, 4) is 0 Å². The average molecular weight is 195 g/mol. The molecule has 2 heteroatoms. The lowest BCUT2D eigenvalue weighted by Gasteiger charge is -2.25. The highest BCUT2D eigenvalue weighted by atomic mass is 19.1. The summed E-state index contributed by atoms with van der Waals surface area (Å²) < 4.78 is 14.2. The average Bonchev–Trinajstić information content (AvgIpc) is 2.17. The third-order valence-electron chi connectivity index (χ3n) is 2.81. The van der Waals surface area contributed by atoms with Crippen molar-refractivity contribution in [2.75, 3.05) is 0 Å². The van der Waals surface area contributed by atoms with Crippen LogP contribution >= 0.6 is 0 Å². The molecule has 1 unspecified atom stereocenters. The molecule has 0 radical (unpaired) electrons. The zero-order valence-electron chi connectivity index (χ0n) is 9.05. The van der Waals surface area contributed by atoms with E-state index in [4.69, 9.17) is 5.73 Å². The molecule has 1 atom stereocenters. The normalized spacial score (nSPS) is 15.6. The molecule has 1 aromatic carbocycles. The first-order chi connectivity index (χ1) is 6.48. The molecular weight excluding hydrogens is 177 g/mol. The minimum atomic E-state index is -1.27. The summed E-state index contributed by atoms with van der Waals surface area (Å²) in [7, 11) is 0. The first-order valence-corrected chi connectivity index (χ1v) is 4.97. The second-order valence-electron chi connectivity index (χ2n) is 4.13. The van der Waals surface area contributed by atoms with Crippen molar-refractivity contribution in [1.82, 2.24) is 0 Å². The molecule has 0 bridgehead atoms. The summed E-state index contributed by atoms with van der Waals surface area (Å²) in [5, 5.41) is 0. The van der Waals surface area contributed by atoms with Crippen molar-refractivity contribution >= 4 is 0 Å². The molecule has 1 rings (SSSR count). The number of halogens is 1. The van der Waals surface area contributed by atoms with Crippen LogP contribution in [0.25, 0.3) is 0 Å². The Labute approximate surface area is 85.1 Å². The third-order valence-corrected chi connectivity index (χ3v) is 2.81. The van der Waals surface area contributed by atoms with Gasteiger partial charge in [-0.25, -0.2) is 4.39 Å². The fraction of sp³-hybridized carbons (Fsp3) is 0.500. The summed E-state index contributed by atoms with van der Waals surface area (Å²) >= 11 is 0. The number of alkyl halides is 1. The summed E-state index contributed by atoms with van der Waals surface area (Å²) in [5.41, 5.74) is 5.94. The number of benzene rings is 1. The van der Waals surface area contributed by atoms with E-state index in [0.29, 0.717) is 6.54 Å². The van der Waals surface area contributed by atoms with Gasteiger partial charge in [-0.05, 0) is 24.0 Å². The van der Waals surface area contributed by atoms with Gasteiger partial charge in [0.25, 0.3) is 0 Å². The Kier molecular flexibility index (Phi) is 3.27. The van der Waals surface area contributed by atoms with Gasteiger partial charge in [-0.2, -0.15) is 0 Å². The first-order valence-electron chi connectivity index (χ1n) is 4.97. The zero-order valence-corrected chi connectivity index (χ0v) is 9.05. The molecule has 0 aliphatic rings. The molecule has 0 aliphatic carbocycles. The van der Waals surface area contributed by atoms with Gasteiger partial charge in [-0.1, -0.05) is 38.1 Å². The maximum Gasteiger partial charge on any atom is 0.135 e. The van der Waals surface area contributed by atoms with Crippen LogP contribution in [-0.2, 0) is 12.2 Å². The quantitative estimate of drug-likeness (QED) is 0.788. The van der Waals surface area contributed by atoms with Gasteiger partial charge in [0.1, 0.15) is 5.67 Å². The van der Waals surface area contributed by atoms with Crippen LogP contribution in [0.1, 0.15) is 31.9 Å². The smallest absolute Gasteiger partial charge is 0.135 e. The van der Waals surface area contributed by atoms with E-state index in [1.807, 2.05) is 38.1 Å². The SMILES string of the molecule is CC(C)C(C)(F)c1cccc(CN)c1. The van der Waals surface area contributed by atoms with E-state index in [-0.39, 0.29) is 5.92 Å². The molecule has 1 aromatic rings. The number of nitrogens with two attached hydrogens (primary N) is 1. The highest BCUT2D eigenvalue weighted by Gasteiger charge is 2.29. The Hall–Kier alpha value is -0.890. The summed E-state index contributed by atoms with van der Waals surface area (Å²) in [6.07, 6.45) is 0. The van der Waals surface area contributed by atoms with Gasteiger partial charge < -0.3 is 5.73 Å². The van der Waals surface area contributed by atoms with Crippen LogP contribution in [0.15, 0.2) is 24.3 Å². The van der Waals surface area contributed by atoms with Crippen LogP contribution < -0.4 is 5.73 Å². The lowest BCUT2D eigenvalue weighted by atomic mass is 9.86. The summed E-state index contributed by atoms with van der Waals surface area (Å²) in [5.74, 6) is -0.0319. The van der Waals surface area contributed by atoms with E-state index >= 15 is 0 Å². The van der Waals surface area contributed by atoms with Gasteiger partial charge in [0.15, 0.2) is 0 Å². The lowest BCUT2D eigenvalue weighted by molar-refractivity contribution is 0.123. The van der Waals surface area contributed by atoms with Crippen molar-refractivity contribution in [1.29, 1.82) is 0 Å². The lowest BCUT2D eigenvalue weighted by Crippen LogP contribution is -2.22. The second-order valence-corrected chi connectivity index (χ2v) is 4.13. The van der Waals surface area contributed by atoms with Crippen LogP contribution in [-0.4, -0.2) is 0 Å². The minimum Gasteiger partial charge on any atom is -0.326 e. The Morgan fingerprint density at radius 2 is 2.07 bits per heavy atom. The minimum absolute atomic E-state index is 0.0319. The van der Waals surface area contributed by atoms with Crippen molar-refractivity contribution in [3.05, 3.63) is 35.4 Å². The van der Waals surface area contributed by atoms with Gasteiger partial charge in [0.2, 0.25) is 0 Å². The van der Waals surface area contributed by atoms with E-state index in [1.54, 1.807) is 6.92 Å².